The average molecular weight is 360 g/mol. The molecule has 2 aromatic rings. The van der Waals surface area contributed by atoms with Gasteiger partial charge < -0.3 is 9.80 Å². The normalized spacial score (nSPS) is 17.7. The maximum atomic E-state index is 7.17. The first-order valence-corrected chi connectivity index (χ1v) is 8.69. The van der Waals surface area contributed by atoms with Crippen molar-refractivity contribution in [3.63, 3.8) is 0 Å². The summed E-state index contributed by atoms with van der Waals surface area (Å²) in [5.74, 6) is 0. The molecule has 0 N–H and O–H groups in total. The lowest BCUT2D eigenvalue weighted by Crippen LogP contribution is -2.36. The first-order chi connectivity index (χ1) is 11.6. The van der Waals surface area contributed by atoms with Crippen LogP contribution in [-0.4, -0.2) is 31.1 Å². The fourth-order valence-corrected chi connectivity index (χ4v) is 3.59. The molecule has 0 aliphatic carbocycles. The van der Waals surface area contributed by atoms with Gasteiger partial charge in [-0.2, -0.15) is 0 Å². The zero-order chi connectivity index (χ0) is 17.1. The lowest BCUT2D eigenvalue weighted by molar-refractivity contribution is 0.407. The van der Waals surface area contributed by atoms with Gasteiger partial charge in [0.2, 0.25) is 5.69 Å². The maximum Gasteiger partial charge on any atom is 0.205 e. The van der Waals surface area contributed by atoms with Gasteiger partial charge in [0.1, 0.15) is 0 Å². The summed E-state index contributed by atoms with van der Waals surface area (Å²) in [5.41, 5.74) is 2.62. The Hall–Kier alpha value is -1.73. The second kappa shape index (κ2) is 7.44. The van der Waals surface area contributed by atoms with Crippen LogP contribution in [0.1, 0.15) is 12.0 Å². The molecule has 3 rings (SSSR count). The van der Waals surface area contributed by atoms with Gasteiger partial charge in [0.25, 0.3) is 0 Å². The number of rotatable bonds is 4. The highest BCUT2D eigenvalue weighted by atomic mass is 35.5. The summed E-state index contributed by atoms with van der Waals surface area (Å²) < 4.78 is 0. The molecule has 0 aromatic heterocycles. The molecule has 1 saturated heterocycles. The highest BCUT2D eigenvalue weighted by Gasteiger charge is 2.27. The molecule has 0 radical (unpaired) electrons. The monoisotopic (exact) mass is 359 g/mol. The van der Waals surface area contributed by atoms with Crippen LogP contribution < -0.4 is 4.90 Å². The average Bonchev–Trinajstić information content (AvgIpc) is 3.00. The predicted molar refractivity (Wildman–Crippen MR) is 101 cm³/mol. The van der Waals surface area contributed by atoms with Crippen LogP contribution in [0.3, 0.4) is 0 Å². The largest absolute Gasteiger partial charge is 0.363 e. The van der Waals surface area contributed by atoms with Crippen LogP contribution >= 0.6 is 23.2 Å². The lowest BCUT2D eigenvalue weighted by atomic mass is 10.1. The summed E-state index contributed by atoms with van der Waals surface area (Å²) in [4.78, 5) is 8.13. The summed E-state index contributed by atoms with van der Waals surface area (Å²) in [6.07, 6.45) is 1.10. The molecular formula is C19H19Cl2N3. The number of likely N-dealkylation sites (tertiary alicyclic amines) is 1. The van der Waals surface area contributed by atoms with Crippen molar-refractivity contribution >= 4 is 34.6 Å². The van der Waals surface area contributed by atoms with Crippen molar-refractivity contribution in [2.45, 2.75) is 19.0 Å². The van der Waals surface area contributed by atoms with Crippen molar-refractivity contribution in [3.8, 4) is 0 Å². The van der Waals surface area contributed by atoms with Crippen LogP contribution in [-0.2, 0) is 6.54 Å². The minimum absolute atomic E-state index is 0.404. The van der Waals surface area contributed by atoms with Crippen molar-refractivity contribution in [3.05, 3.63) is 69.5 Å². The summed E-state index contributed by atoms with van der Waals surface area (Å²) in [7, 11) is 2.14. The molecule has 0 spiro atoms. The van der Waals surface area contributed by atoms with E-state index in [1.807, 2.05) is 30.3 Å². The van der Waals surface area contributed by atoms with Gasteiger partial charge in [0.15, 0.2) is 0 Å². The molecule has 1 fully saturated rings. The van der Waals surface area contributed by atoms with Gasteiger partial charge in [-0.3, -0.25) is 0 Å². The Kier molecular flexibility index (Phi) is 5.30. The van der Waals surface area contributed by atoms with Gasteiger partial charge in [-0.15, -0.1) is 0 Å². The molecule has 24 heavy (non-hydrogen) atoms. The van der Waals surface area contributed by atoms with Crippen LogP contribution in [0.25, 0.3) is 4.85 Å². The molecule has 2 aromatic carbocycles. The molecule has 1 atom stereocenters. The standard InChI is InChI=1S/C19H19Cl2N3/c1-22-19-8-7-15(11-18(19)21)24(16-9-10-23(2)13-16)12-14-5-3-4-6-17(14)20/h3-8,11,16H,9-10,12-13H2,2H3/t16-/m0/s1. The van der Waals surface area contributed by atoms with E-state index in [-0.39, 0.29) is 0 Å². The number of nitrogens with zero attached hydrogens (tertiary/aromatic N) is 3. The third-order valence-corrected chi connectivity index (χ3v) is 5.16. The Labute approximate surface area is 153 Å². The minimum Gasteiger partial charge on any atom is -0.363 e. The van der Waals surface area contributed by atoms with Gasteiger partial charge in [-0.1, -0.05) is 47.5 Å². The van der Waals surface area contributed by atoms with E-state index in [2.05, 4.69) is 27.8 Å². The molecule has 1 heterocycles. The minimum atomic E-state index is 0.404. The second-order valence-corrected chi connectivity index (χ2v) is 6.99. The summed E-state index contributed by atoms with van der Waals surface area (Å²) in [5, 5.41) is 1.27. The third kappa shape index (κ3) is 3.67. The van der Waals surface area contributed by atoms with Crippen LogP contribution in [0.4, 0.5) is 11.4 Å². The van der Waals surface area contributed by atoms with Crippen LogP contribution in [0.5, 0.6) is 0 Å². The smallest absolute Gasteiger partial charge is 0.205 e. The summed E-state index contributed by atoms with van der Waals surface area (Å²) in [6.45, 7) is 9.98. The van der Waals surface area contributed by atoms with E-state index < -0.39 is 0 Å². The Balaban J connectivity index is 1.95. The number of hydrogen-bond donors (Lipinski definition) is 0. The molecule has 0 saturated carbocycles. The molecule has 0 bridgehead atoms. The molecule has 1 aliphatic heterocycles. The van der Waals surface area contributed by atoms with Gasteiger partial charge in [0, 0.05) is 34.9 Å². The number of benzene rings is 2. The molecule has 0 unspecified atom stereocenters. The maximum absolute atomic E-state index is 7.17. The van der Waals surface area contributed by atoms with Gasteiger partial charge in [0.05, 0.1) is 6.57 Å². The van der Waals surface area contributed by atoms with E-state index in [0.29, 0.717) is 16.8 Å². The Morgan fingerprint density at radius 1 is 1.21 bits per heavy atom. The van der Waals surface area contributed by atoms with E-state index in [1.54, 1.807) is 6.07 Å². The Morgan fingerprint density at radius 3 is 2.62 bits per heavy atom. The van der Waals surface area contributed by atoms with Gasteiger partial charge in [-0.05, 0) is 43.8 Å². The van der Waals surface area contributed by atoms with Crippen molar-refractivity contribution in [2.75, 3.05) is 25.0 Å². The molecule has 5 heteroatoms. The first-order valence-electron chi connectivity index (χ1n) is 7.94. The summed E-state index contributed by atoms with van der Waals surface area (Å²) >= 11 is 12.6. The van der Waals surface area contributed by atoms with Crippen molar-refractivity contribution in [2.24, 2.45) is 0 Å². The Morgan fingerprint density at radius 2 is 2.00 bits per heavy atom. The molecule has 1 aliphatic rings. The van der Waals surface area contributed by atoms with Crippen LogP contribution in [0.2, 0.25) is 10.0 Å². The molecule has 3 nitrogen and oxygen atoms in total. The van der Waals surface area contributed by atoms with Crippen molar-refractivity contribution < 1.29 is 0 Å². The van der Waals surface area contributed by atoms with E-state index in [9.17, 15) is 0 Å². The molecule has 124 valence electrons. The number of likely N-dealkylation sites (N-methyl/N-ethyl adjacent to an activating group) is 1. The number of halogens is 2. The fraction of sp³-hybridized carbons (Fsp3) is 0.316. The number of hydrogen-bond acceptors (Lipinski definition) is 2. The first kappa shape index (κ1) is 17.1. The predicted octanol–water partition coefficient (Wildman–Crippen LogP) is 5.25. The highest BCUT2D eigenvalue weighted by Crippen LogP contribution is 2.33. The van der Waals surface area contributed by atoms with Crippen LogP contribution in [0, 0.1) is 6.57 Å². The summed E-state index contributed by atoms with van der Waals surface area (Å²) in [6, 6.07) is 14.0. The SMILES string of the molecule is [C-]#[N+]c1ccc(N(Cc2ccccc2Cl)[C@H]2CCN(C)C2)cc1Cl. The van der Waals surface area contributed by atoms with Gasteiger partial charge in [-0.25, -0.2) is 4.85 Å². The topological polar surface area (TPSA) is 10.8 Å². The highest BCUT2D eigenvalue weighted by molar-refractivity contribution is 6.33. The van der Waals surface area contributed by atoms with E-state index >= 15 is 0 Å². The number of anilines is 1. The van der Waals surface area contributed by atoms with E-state index in [0.717, 1.165) is 42.3 Å². The lowest BCUT2D eigenvalue weighted by Gasteiger charge is -2.32. The zero-order valence-corrected chi connectivity index (χ0v) is 15.1. The van der Waals surface area contributed by atoms with Crippen LogP contribution in [0.15, 0.2) is 42.5 Å². The zero-order valence-electron chi connectivity index (χ0n) is 13.5. The fourth-order valence-electron chi connectivity index (χ4n) is 3.17. The Bertz CT molecular complexity index is 769. The quantitative estimate of drug-likeness (QED) is 0.689. The van der Waals surface area contributed by atoms with Gasteiger partial charge >= 0.3 is 0 Å². The molecular weight excluding hydrogens is 341 g/mol. The van der Waals surface area contributed by atoms with E-state index in [1.165, 1.54) is 0 Å². The van der Waals surface area contributed by atoms with Crippen molar-refractivity contribution in [1.82, 2.24) is 4.90 Å². The second-order valence-electron chi connectivity index (χ2n) is 6.17. The molecule has 0 amide bonds. The van der Waals surface area contributed by atoms with Crippen molar-refractivity contribution in [1.29, 1.82) is 0 Å². The van der Waals surface area contributed by atoms with E-state index in [4.69, 9.17) is 29.8 Å². The third-order valence-electron chi connectivity index (χ3n) is 4.49.